The van der Waals surface area contributed by atoms with Crippen LogP contribution in [0, 0.1) is 12.3 Å². The molecule has 1 fully saturated rings. The van der Waals surface area contributed by atoms with Gasteiger partial charge in [0.05, 0.1) is 7.11 Å². The van der Waals surface area contributed by atoms with E-state index in [0.717, 1.165) is 11.3 Å². The van der Waals surface area contributed by atoms with Gasteiger partial charge in [0.15, 0.2) is 0 Å². The second-order valence-electron chi connectivity index (χ2n) is 5.02. The molecule has 0 spiro atoms. The van der Waals surface area contributed by atoms with Gasteiger partial charge in [-0.3, -0.25) is 4.79 Å². The Morgan fingerprint density at radius 2 is 2.00 bits per heavy atom. The molecule has 1 amide bonds. The summed E-state index contributed by atoms with van der Waals surface area (Å²) in [6.07, 6.45) is -0.740. The molecule has 0 aromatic heterocycles. The highest BCUT2D eigenvalue weighted by Crippen LogP contribution is 2.27. The largest absolute Gasteiger partial charge is 0.508 e. The van der Waals surface area contributed by atoms with Gasteiger partial charge >= 0.3 is 6.16 Å². The number of methoxy groups -OCH3 is 1. The monoisotopic (exact) mass is 279 g/mol. The van der Waals surface area contributed by atoms with Crippen LogP contribution in [0.2, 0.25) is 0 Å². The van der Waals surface area contributed by atoms with Crippen molar-refractivity contribution in [2.75, 3.05) is 25.6 Å². The summed E-state index contributed by atoms with van der Waals surface area (Å²) in [4.78, 5) is 23.2. The van der Waals surface area contributed by atoms with E-state index in [1.165, 1.54) is 0 Å². The molecule has 1 aliphatic rings. The summed E-state index contributed by atoms with van der Waals surface area (Å²) in [6.45, 7) is 3.57. The molecule has 1 aliphatic heterocycles. The van der Waals surface area contributed by atoms with Gasteiger partial charge in [-0.1, -0.05) is 0 Å². The summed E-state index contributed by atoms with van der Waals surface area (Å²) >= 11 is 0. The maximum Gasteiger partial charge on any atom is 0.508 e. The summed E-state index contributed by atoms with van der Waals surface area (Å²) in [5.41, 5.74) is 0.684. The third-order valence-electron chi connectivity index (χ3n) is 3.25. The molecule has 2 rings (SSSR count). The minimum Gasteiger partial charge on any atom is -0.497 e. The number of rotatable bonds is 3. The van der Waals surface area contributed by atoms with Gasteiger partial charge < -0.3 is 19.5 Å². The highest BCUT2D eigenvalue weighted by atomic mass is 16.7. The zero-order chi connectivity index (χ0) is 14.8. The van der Waals surface area contributed by atoms with E-state index >= 15 is 0 Å². The lowest BCUT2D eigenvalue weighted by molar-refractivity contribution is -0.135. The Balaban J connectivity index is 2.09. The van der Waals surface area contributed by atoms with E-state index in [1.54, 1.807) is 26.2 Å². The number of nitrogens with one attached hydrogen (secondary N) is 1. The smallest absolute Gasteiger partial charge is 0.497 e. The van der Waals surface area contributed by atoms with Crippen molar-refractivity contribution in [1.29, 1.82) is 0 Å². The Hall–Kier alpha value is -2.24. The summed E-state index contributed by atoms with van der Waals surface area (Å²) in [5.74, 6) is 0.472. The first-order valence-electron chi connectivity index (χ1n) is 6.20. The maximum atomic E-state index is 12.3. The molecule has 0 aliphatic carbocycles. The normalized spacial score (nSPS) is 16.9. The van der Waals surface area contributed by atoms with Crippen molar-refractivity contribution in [3.8, 4) is 5.75 Å². The zero-order valence-electron chi connectivity index (χ0n) is 11.7. The minimum atomic E-state index is -0.889. The van der Waals surface area contributed by atoms with Crippen LogP contribution in [0.1, 0.15) is 12.5 Å². The van der Waals surface area contributed by atoms with Crippen molar-refractivity contribution >= 4 is 17.7 Å². The van der Waals surface area contributed by atoms with Gasteiger partial charge in [0.25, 0.3) is 0 Å². The number of carbonyl (C=O) groups is 2. The number of hydrogen-bond donors (Lipinski definition) is 1. The van der Waals surface area contributed by atoms with Gasteiger partial charge in [0, 0.05) is 5.69 Å². The van der Waals surface area contributed by atoms with E-state index in [-0.39, 0.29) is 19.1 Å². The molecular formula is C14H17NO5. The predicted molar refractivity (Wildman–Crippen MR) is 71.8 cm³/mol. The third-order valence-corrected chi connectivity index (χ3v) is 3.25. The summed E-state index contributed by atoms with van der Waals surface area (Å²) in [6, 6.07) is 5.36. The molecule has 0 unspecified atom stereocenters. The second-order valence-corrected chi connectivity index (χ2v) is 5.02. The molecule has 1 N–H and O–H groups in total. The maximum absolute atomic E-state index is 12.3. The number of ether oxygens (including phenoxy) is 3. The standard InChI is InChI=1S/C14H17NO5/c1-9-6-10(18-3)4-5-11(9)15-12(16)14(2)7-19-13(17)20-8-14/h4-6H,7-8H2,1-3H3,(H,15,16). The molecule has 6 heteroatoms. The molecule has 108 valence electrons. The molecular weight excluding hydrogens is 262 g/mol. The molecule has 1 heterocycles. The quantitative estimate of drug-likeness (QED) is 0.858. The first kappa shape index (κ1) is 14.2. The minimum absolute atomic E-state index is 0.00681. The number of anilines is 1. The number of hydrogen-bond acceptors (Lipinski definition) is 5. The van der Waals surface area contributed by atoms with Crippen LogP contribution in [-0.4, -0.2) is 32.4 Å². The molecule has 0 saturated carbocycles. The fraction of sp³-hybridized carbons (Fsp3) is 0.429. The second kappa shape index (κ2) is 5.40. The molecule has 20 heavy (non-hydrogen) atoms. The Kier molecular flexibility index (Phi) is 3.83. The van der Waals surface area contributed by atoms with Crippen LogP contribution in [0.5, 0.6) is 5.75 Å². The lowest BCUT2D eigenvalue weighted by Crippen LogP contribution is -2.46. The van der Waals surface area contributed by atoms with Gasteiger partial charge in [-0.2, -0.15) is 0 Å². The number of benzene rings is 1. The van der Waals surface area contributed by atoms with Crippen molar-refractivity contribution < 1.29 is 23.8 Å². The fourth-order valence-corrected chi connectivity index (χ4v) is 1.83. The van der Waals surface area contributed by atoms with Crippen LogP contribution in [0.25, 0.3) is 0 Å². The van der Waals surface area contributed by atoms with E-state index < -0.39 is 11.6 Å². The van der Waals surface area contributed by atoms with E-state index in [9.17, 15) is 9.59 Å². The van der Waals surface area contributed by atoms with Crippen molar-refractivity contribution in [3.05, 3.63) is 23.8 Å². The third kappa shape index (κ3) is 2.84. The Morgan fingerprint density at radius 3 is 2.55 bits per heavy atom. The summed E-state index contributed by atoms with van der Waals surface area (Å²) in [7, 11) is 1.59. The van der Waals surface area contributed by atoms with E-state index in [0.29, 0.717) is 5.69 Å². The van der Waals surface area contributed by atoms with Gasteiger partial charge in [-0.05, 0) is 37.6 Å². The van der Waals surface area contributed by atoms with Gasteiger partial charge in [0.1, 0.15) is 24.4 Å². The van der Waals surface area contributed by atoms with Crippen LogP contribution >= 0.6 is 0 Å². The Labute approximate surface area is 117 Å². The molecule has 1 saturated heterocycles. The van der Waals surface area contributed by atoms with E-state index in [1.807, 2.05) is 13.0 Å². The van der Waals surface area contributed by atoms with Gasteiger partial charge in [-0.15, -0.1) is 0 Å². The molecule has 0 radical (unpaired) electrons. The first-order valence-corrected chi connectivity index (χ1v) is 6.20. The van der Waals surface area contributed by atoms with Crippen molar-refractivity contribution in [2.24, 2.45) is 5.41 Å². The highest BCUT2D eigenvalue weighted by molar-refractivity contribution is 5.96. The molecule has 1 aromatic carbocycles. The van der Waals surface area contributed by atoms with Crippen molar-refractivity contribution in [3.63, 3.8) is 0 Å². The number of aryl methyl sites for hydroxylation is 1. The average Bonchev–Trinajstić information content (AvgIpc) is 2.44. The van der Waals surface area contributed by atoms with Crippen LogP contribution in [-0.2, 0) is 14.3 Å². The molecule has 0 bridgehead atoms. The highest BCUT2D eigenvalue weighted by Gasteiger charge is 2.40. The molecule has 1 aromatic rings. The lowest BCUT2D eigenvalue weighted by Gasteiger charge is -2.30. The topological polar surface area (TPSA) is 73.9 Å². The number of amides is 1. The van der Waals surface area contributed by atoms with E-state index in [2.05, 4.69) is 5.32 Å². The van der Waals surface area contributed by atoms with E-state index in [4.69, 9.17) is 14.2 Å². The van der Waals surface area contributed by atoms with Crippen LogP contribution in [0.3, 0.4) is 0 Å². The number of cyclic esters (lactones) is 2. The predicted octanol–water partition coefficient (Wildman–Crippen LogP) is 2.12. The Morgan fingerprint density at radius 1 is 1.35 bits per heavy atom. The van der Waals surface area contributed by atoms with Crippen LogP contribution in [0.15, 0.2) is 18.2 Å². The zero-order valence-corrected chi connectivity index (χ0v) is 11.7. The Bertz CT molecular complexity index is 530. The average molecular weight is 279 g/mol. The van der Waals surface area contributed by atoms with Crippen LogP contribution in [0.4, 0.5) is 10.5 Å². The summed E-state index contributed by atoms with van der Waals surface area (Å²) in [5, 5.41) is 2.82. The number of carbonyl (C=O) groups excluding carboxylic acids is 2. The van der Waals surface area contributed by atoms with Crippen LogP contribution < -0.4 is 10.1 Å². The van der Waals surface area contributed by atoms with Crippen molar-refractivity contribution in [1.82, 2.24) is 0 Å². The SMILES string of the molecule is COc1ccc(NC(=O)C2(C)COC(=O)OC2)c(C)c1. The first-order chi connectivity index (χ1) is 9.44. The van der Waals surface area contributed by atoms with Gasteiger partial charge in [-0.25, -0.2) is 4.79 Å². The summed E-state index contributed by atoms with van der Waals surface area (Å²) < 4.78 is 14.7. The van der Waals surface area contributed by atoms with Gasteiger partial charge in [0.2, 0.25) is 5.91 Å². The fourth-order valence-electron chi connectivity index (χ4n) is 1.83. The lowest BCUT2D eigenvalue weighted by atomic mass is 9.91. The molecule has 0 atom stereocenters. The van der Waals surface area contributed by atoms with Crippen molar-refractivity contribution in [2.45, 2.75) is 13.8 Å². The molecule has 6 nitrogen and oxygen atoms in total.